The van der Waals surface area contributed by atoms with E-state index in [1.807, 2.05) is 5.51 Å². The van der Waals surface area contributed by atoms with Gasteiger partial charge in [0.05, 0.1) is 11.2 Å². The average Bonchev–Trinajstić information content (AvgIpc) is 2.52. The lowest BCUT2D eigenvalue weighted by Gasteiger charge is -2.30. The zero-order chi connectivity index (χ0) is 9.97. The van der Waals surface area contributed by atoms with Crippen LogP contribution >= 0.6 is 23.7 Å². The van der Waals surface area contributed by atoms with Crippen molar-refractivity contribution in [3.05, 3.63) is 16.1 Å². The Morgan fingerprint density at radius 1 is 1.67 bits per heavy atom. The second-order valence-corrected chi connectivity index (χ2v) is 4.94. The molecule has 1 aromatic rings. The van der Waals surface area contributed by atoms with Crippen LogP contribution < -0.4 is 5.73 Å². The summed E-state index contributed by atoms with van der Waals surface area (Å²) in [6.45, 7) is 5.34. The second-order valence-electron chi connectivity index (χ2n) is 4.00. The van der Waals surface area contributed by atoms with Gasteiger partial charge >= 0.3 is 0 Å². The molecule has 1 unspecified atom stereocenters. The highest BCUT2D eigenvalue weighted by Crippen LogP contribution is 2.17. The van der Waals surface area contributed by atoms with Gasteiger partial charge in [-0.15, -0.1) is 23.7 Å². The largest absolute Gasteiger partial charge is 0.327 e. The number of thiazole rings is 1. The zero-order valence-corrected chi connectivity index (χ0v) is 10.6. The number of hydrogen-bond donors (Lipinski definition) is 1. The zero-order valence-electron chi connectivity index (χ0n) is 8.98. The molecule has 0 saturated carbocycles. The van der Waals surface area contributed by atoms with E-state index in [2.05, 4.69) is 16.8 Å². The molecular weight excluding hydrogens is 230 g/mol. The molecule has 1 aliphatic heterocycles. The van der Waals surface area contributed by atoms with E-state index in [4.69, 9.17) is 5.73 Å². The lowest BCUT2D eigenvalue weighted by atomic mass is 10.1. The summed E-state index contributed by atoms with van der Waals surface area (Å²) in [7, 11) is 0. The highest BCUT2D eigenvalue weighted by molar-refractivity contribution is 7.09. The molecule has 1 aliphatic rings. The Kier molecular flexibility index (Phi) is 4.99. The highest BCUT2D eigenvalue weighted by atomic mass is 35.5. The minimum Gasteiger partial charge on any atom is -0.327 e. The maximum atomic E-state index is 5.94. The first-order valence-electron chi connectivity index (χ1n) is 5.12. The van der Waals surface area contributed by atoms with Gasteiger partial charge in [0.2, 0.25) is 0 Å². The van der Waals surface area contributed by atoms with Crippen molar-refractivity contribution in [1.82, 2.24) is 9.88 Å². The predicted octanol–water partition coefficient (Wildman–Crippen LogP) is 1.80. The molecule has 3 nitrogen and oxygen atoms in total. The molecule has 2 heterocycles. The van der Waals surface area contributed by atoms with Gasteiger partial charge < -0.3 is 5.73 Å². The first kappa shape index (κ1) is 12.9. The minimum atomic E-state index is 0. The maximum absolute atomic E-state index is 5.94. The summed E-state index contributed by atoms with van der Waals surface area (Å²) in [6.07, 6.45) is 2.41. The molecule has 2 N–H and O–H groups in total. The molecule has 1 aromatic heterocycles. The Labute approximate surface area is 101 Å². The molecule has 1 fully saturated rings. The van der Waals surface area contributed by atoms with Crippen LogP contribution in [0.4, 0.5) is 0 Å². The molecule has 15 heavy (non-hydrogen) atoms. The van der Waals surface area contributed by atoms with Crippen molar-refractivity contribution >= 4 is 23.7 Å². The van der Waals surface area contributed by atoms with Gasteiger partial charge in [0.25, 0.3) is 0 Å². The third-order valence-electron chi connectivity index (χ3n) is 2.75. The van der Waals surface area contributed by atoms with Crippen LogP contribution in [0, 0.1) is 6.92 Å². The molecule has 0 aromatic carbocycles. The fourth-order valence-electron chi connectivity index (χ4n) is 1.92. The molecule has 0 radical (unpaired) electrons. The van der Waals surface area contributed by atoms with Crippen molar-refractivity contribution in [1.29, 1.82) is 0 Å². The highest BCUT2D eigenvalue weighted by Gasteiger charge is 2.17. The van der Waals surface area contributed by atoms with E-state index >= 15 is 0 Å². The molecular formula is C10H18ClN3S. The van der Waals surface area contributed by atoms with Gasteiger partial charge in [0.1, 0.15) is 0 Å². The van der Waals surface area contributed by atoms with Gasteiger partial charge in [-0.05, 0) is 26.3 Å². The van der Waals surface area contributed by atoms with Gasteiger partial charge in [-0.1, -0.05) is 0 Å². The van der Waals surface area contributed by atoms with Crippen molar-refractivity contribution in [2.75, 3.05) is 13.1 Å². The van der Waals surface area contributed by atoms with Crippen molar-refractivity contribution in [2.45, 2.75) is 32.4 Å². The predicted molar refractivity (Wildman–Crippen MR) is 66.6 cm³/mol. The van der Waals surface area contributed by atoms with E-state index in [0.29, 0.717) is 6.04 Å². The van der Waals surface area contributed by atoms with Gasteiger partial charge in [-0.3, -0.25) is 4.90 Å². The number of rotatable bonds is 2. The lowest BCUT2D eigenvalue weighted by molar-refractivity contribution is 0.202. The van der Waals surface area contributed by atoms with Crippen molar-refractivity contribution in [3.63, 3.8) is 0 Å². The Morgan fingerprint density at radius 2 is 2.47 bits per heavy atom. The molecule has 0 spiro atoms. The number of aryl methyl sites for hydroxylation is 1. The summed E-state index contributed by atoms with van der Waals surface area (Å²) in [5.74, 6) is 0. The van der Waals surface area contributed by atoms with E-state index in [1.54, 1.807) is 11.3 Å². The average molecular weight is 248 g/mol. The third-order valence-corrected chi connectivity index (χ3v) is 3.67. The first-order chi connectivity index (χ1) is 6.75. The number of halogens is 1. The van der Waals surface area contributed by atoms with Crippen molar-refractivity contribution < 1.29 is 0 Å². The van der Waals surface area contributed by atoms with Crippen LogP contribution in [-0.4, -0.2) is 29.0 Å². The van der Waals surface area contributed by atoms with E-state index < -0.39 is 0 Å². The fraction of sp³-hybridized carbons (Fsp3) is 0.700. The number of nitrogens with two attached hydrogens (primary N) is 1. The number of likely N-dealkylation sites (tertiary alicyclic amines) is 1. The quantitative estimate of drug-likeness (QED) is 0.867. The number of aromatic nitrogens is 1. The van der Waals surface area contributed by atoms with Gasteiger partial charge in [0, 0.05) is 24.0 Å². The summed E-state index contributed by atoms with van der Waals surface area (Å²) in [5, 5.41) is 0. The summed E-state index contributed by atoms with van der Waals surface area (Å²) >= 11 is 1.75. The molecule has 1 atom stereocenters. The standard InChI is InChI=1S/C10H17N3S.ClH/c1-8-10(14-7-12-8)6-13-4-2-3-9(11)5-13;/h7,9H,2-6,11H2,1H3;1H. The molecule has 5 heteroatoms. The Hall–Kier alpha value is -0.160. The number of nitrogens with zero attached hydrogens (tertiary/aromatic N) is 2. The lowest BCUT2D eigenvalue weighted by Crippen LogP contribution is -2.42. The summed E-state index contributed by atoms with van der Waals surface area (Å²) in [6, 6.07) is 0.372. The van der Waals surface area contributed by atoms with E-state index in [1.165, 1.54) is 30.0 Å². The second kappa shape index (κ2) is 5.80. The van der Waals surface area contributed by atoms with Gasteiger partial charge in [-0.2, -0.15) is 0 Å². The number of piperidine rings is 1. The molecule has 0 amide bonds. The van der Waals surface area contributed by atoms with Crippen LogP contribution in [-0.2, 0) is 6.54 Å². The van der Waals surface area contributed by atoms with Crippen LogP contribution in [0.3, 0.4) is 0 Å². The van der Waals surface area contributed by atoms with E-state index in [0.717, 1.165) is 13.1 Å². The third kappa shape index (κ3) is 3.41. The first-order valence-corrected chi connectivity index (χ1v) is 6.00. The topological polar surface area (TPSA) is 42.2 Å². The van der Waals surface area contributed by atoms with Gasteiger partial charge in [0.15, 0.2) is 0 Å². The summed E-state index contributed by atoms with van der Waals surface area (Å²) < 4.78 is 0. The molecule has 0 bridgehead atoms. The Bertz CT molecular complexity index is 303. The minimum absolute atomic E-state index is 0. The van der Waals surface area contributed by atoms with Gasteiger partial charge in [-0.25, -0.2) is 4.98 Å². The van der Waals surface area contributed by atoms with E-state index in [9.17, 15) is 0 Å². The molecule has 1 saturated heterocycles. The maximum Gasteiger partial charge on any atom is 0.0798 e. The normalized spacial score (nSPS) is 22.4. The summed E-state index contributed by atoms with van der Waals surface area (Å²) in [5.41, 5.74) is 9.04. The van der Waals surface area contributed by atoms with Crippen LogP contribution in [0.2, 0.25) is 0 Å². The van der Waals surface area contributed by atoms with Crippen molar-refractivity contribution in [2.24, 2.45) is 5.73 Å². The Balaban J connectivity index is 0.00000112. The smallest absolute Gasteiger partial charge is 0.0798 e. The van der Waals surface area contributed by atoms with Crippen LogP contribution in [0.25, 0.3) is 0 Å². The fourth-order valence-corrected chi connectivity index (χ4v) is 2.73. The van der Waals surface area contributed by atoms with Crippen molar-refractivity contribution in [3.8, 4) is 0 Å². The molecule has 86 valence electrons. The number of hydrogen-bond acceptors (Lipinski definition) is 4. The SMILES string of the molecule is Cc1ncsc1CN1CCCC(N)C1.Cl. The van der Waals surface area contributed by atoms with Crippen LogP contribution in [0.5, 0.6) is 0 Å². The molecule has 2 rings (SSSR count). The van der Waals surface area contributed by atoms with Crippen LogP contribution in [0.15, 0.2) is 5.51 Å². The van der Waals surface area contributed by atoms with E-state index in [-0.39, 0.29) is 12.4 Å². The van der Waals surface area contributed by atoms with Crippen LogP contribution in [0.1, 0.15) is 23.4 Å². The monoisotopic (exact) mass is 247 g/mol. The summed E-state index contributed by atoms with van der Waals surface area (Å²) in [4.78, 5) is 8.09. The molecule has 0 aliphatic carbocycles. The Morgan fingerprint density at radius 3 is 3.07 bits per heavy atom.